The number of hydrogen-bond acceptors (Lipinski definition) is 7. The van der Waals surface area contributed by atoms with Crippen molar-refractivity contribution in [2.45, 2.75) is 65.0 Å². The number of cyclic esters (lactones) is 1. The third-order valence-corrected chi connectivity index (χ3v) is 6.02. The summed E-state index contributed by atoms with van der Waals surface area (Å²) < 4.78 is 10.1. The molecule has 200 valence electrons. The smallest absolute Gasteiger partial charge is 0.407 e. The van der Waals surface area contributed by atoms with Crippen LogP contribution < -0.4 is 16.1 Å². The molecule has 36 heavy (non-hydrogen) atoms. The highest BCUT2D eigenvalue weighted by Crippen LogP contribution is 2.26. The Balaban J connectivity index is 2.22. The average Bonchev–Trinajstić information content (AvgIpc) is 2.86. The molecule has 3 atom stereocenters. The summed E-state index contributed by atoms with van der Waals surface area (Å²) in [6.07, 6.45) is 2.10. The van der Waals surface area contributed by atoms with Gasteiger partial charge in [0.05, 0.1) is 26.2 Å². The highest BCUT2D eigenvalue weighted by molar-refractivity contribution is 5.90. The largest absolute Gasteiger partial charge is 0.467 e. The first-order chi connectivity index (χ1) is 17.3. The molecule has 3 N–H and O–H groups in total. The molecule has 1 aromatic carbocycles. The van der Waals surface area contributed by atoms with Crippen LogP contribution >= 0.6 is 0 Å². The van der Waals surface area contributed by atoms with Crippen molar-refractivity contribution in [1.82, 2.24) is 16.1 Å². The molecule has 0 aromatic heterocycles. The number of hydroxylamine groups is 1. The number of carbonyl (C=O) groups is 4. The lowest BCUT2D eigenvalue weighted by molar-refractivity contribution is -0.148. The number of nitrogens with one attached hydrogen (secondary N) is 3. The fraction of sp³-hybridized carbons (Fsp3) is 0.615. The zero-order valence-electron chi connectivity index (χ0n) is 21.4. The van der Waals surface area contributed by atoms with Gasteiger partial charge in [-0.15, -0.1) is 0 Å². The lowest BCUT2D eigenvalue weighted by Crippen LogP contribution is -2.48. The van der Waals surface area contributed by atoms with Crippen LogP contribution in [0.25, 0.3) is 0 Å². The van der Waals surface area contributed by atoms with Gasteiger partial charge < -0.3 is 20.1 Å². The lowest BCUT2D eigenvalue weighted by atomic mass is 9.81. The molecule has 1 heterocycles. The Labute approximate surface area is 212 Å². The minimum absolute atomic E-state index is 0.112. The first-order valence-corrected chi connectivity index (χ1v) is 12.6. The van der Waals surface area contributed by atoms with Gasteiger partial charge in [0.1, 0.15) is 6.04 Å². The molecule has 0 saturated carbocycles. The number of alkyl carbamates (subject to hydrolysis) is 1. The summed E-state index contributed by atoms with van der Waals surface area (Å²) in [5, 5.41) is 5.48. The molecule has 1 saturated heterocycles. The molecule has 0 spiro atoms. The second kappa shape index (κ2) is 15.8. The van der Waals surface area contributed by atoms with Crippen LogP contribution in [0.15, 0.2) is 30.3 Å². The second-order valence-electron chi connectivity index (χ2n) is 9.37. The van der Waals surface area contributed by atoms with Crippen LogP contribution in [-0.2, 0) is 35.3 Å². The highest BCUT2D eigenvalue weighted by Gasteiger charge is 2.36. The first-order valence-electron chi connectivity index (χ1n) is 12.6. The van der Waals surface area contributed by atoms with E-state index in [1.165, 1.54) is 7.11 Å². The van der Waals surface area contributed by atoms with E-state index < -0.39 is 35.8 Å². The van der Waals surface area contributed by atoms with Gasteiger partial charge in [-0.25, -0.2) is 15.1 Å². The number of benzene rings is 1. The van der Waals surface area contributed by atoms with Crippen molar-refractivity contribution >= 4 is 23.9 Å². The van der Waals surface area contributed by atoms with E-state index in [-0.39, 0.29) is 25.0 Å². The third-order valence-electron chi connectivity index (χ3n) is 6.02. The predicted molar refractivity (Wildman–Crippen MR) is 132 cm³/mol. The van der Waals surface area contributed by atoms with Crippen molar-refractivity contribution in [1.29, 1.82) is 0 Å². The third kappa shape index (κ3) is 10.2. The molecule has 10 nitrogen and oxygen atoms in total. The molecular formula is C26H39N3O7. The van der Waals surface area contributed by atoms with Gasteiger partial charge in [0.25, 0.3) is 0 Å². The Hall–Kier alpha value is -3.14. The zero-order chi connectivity index (χ0) is 26.3. The van der Waals surface area contributed by atoms with E-state index in [1.807, 2.05) is 44.2 Å². The van der Waals surface area contributed by atoms with Gasteiger partial charge in [0, 0.05) is 12.5 Å². The van der Waals surface area contributed by atoms with E-state index in [0.717, 1.165) is 5.56 Å². The zero-order valence-corrected chi connectivity index (χ0v) is 21.4. The molecule has 0 aliphatic carbocycles. The Morgan fingerprint density at radius 2 is 1.86 bits per heavy atom. The van der Waals surface area contributed by atoms with E-state index in [2.05, 4.69) is 16.1 Å². The van der Waals surface area contributed by atoms with Crippen molar-refractivity contribution in [2.24, 2.45) is 17.8 Å². The molecule has 0 unspecified atom stereocenters. The molecule has 0 bridgehead atoms. The number of esters is 1. The molecule has 3 amide bonds. The van der Waals surface area contributed by atoms with Gasteiger partial charge in [-0.1, -0.05) is 44.2 Å². The summed E-state index contributed by atoms with van der Waals surface area (Å²) >= 11 is 0. The Morgan fingerprint density at radius 1 is 1.11 bits per heavy atom. The molecule has 1 aliphatic heterocycles. The standard InChI is InChI=1S/C26H39N3O7/c1-18(2)16-21-20(24(31)29-36-17-19-10-5-4-6-11-19)12-9-15-35-26(33)27-14-8-7-13-22(25(32)34-3)28-23(21)30/h4-6,10-11,18,20-22H,7-9,12-17H2,1-3H3,(H,27,33)(H,28,30)(H,29,31)/t20-,21+,22-/m0/s1. The maximum Gasteiger partial charge on any atom is 0.407 e. The van der Waals surface area contributed by atoms with Crippen LogP contribution in [0.1, 0.15) is 57.9 Å². The predicted octanol–water partition coefficient (Wildman–Crippen LogP) is 2.86. The summed E-state index contributed by atoms with van der Waals surface area (Å²) in [5.74, 6) is -2.71. The van der Waals surface area contributed by atoms with Gasteiger partial charge in [-0.3, -0.25) is 14.4 Å². The van der Waals surface area contributed by atoms with Crippen molar-refractivity contribution in [2.75, 3.05) is 20.3 Å². The molecule has 1 fully saturated rings. The number of rotatable bonds is 7. The summed E-state index contributed by atoms with van der Waals surface area (Å²) in [7, 11) is 1.27. The second-order valence-corrected chi connectivity index (χ2v) is 9.37. The summed E-state index contributed by atoms with van der Waals surface area (Å²) in [5.41, 5.74) is 3.38. The molecule has 10 heteroatoms. The molecule has 2 rings (SSSR count). The van der Waals surface area contributed by atoms with E-state index in [1.54, 1.807) is 0 Å². The van der Waals surface area contributed by atoms with E-state index in [4.69, 9.17) is 14.3 Å². The van der Waals surface area contributed by atoms with Gasteiger partial charge >= 0.3 is 12.1 Å². The summed E-state index contributed by atoms with van der Waals surface area (Å²) in [6, 6.07) is 8.54. The lowest BCUT2D eigenvalue weighted by Gasteiger charge is -2.28. The fourth-order valence-electron chi connectivity index (χ4n) is 4.17. The number of ether oxygens (including phenoxy) is 2. The molecular weight excluding hydrogens is 466 g/mol. The number of hydrogen-bond donors (Lipinski definition) is 3. The monoisotopic (exact) mass is 505 g/mol. The van der Waals surface area contributed by atoms with Crippen molar-refractivity contribution in [3.8, 4) is 0 Å². The van der Waals surface area contributed by atoms with Crippen LogP contribution in [0.2, 0.25) is 0 Å². The SMILES string of the molecule is COC(=O)[C@@H]1CCCCNC(=O)OCCC[C@H](C(=O)NOCc2ccccc2)[C@@H](CC(C)C)C(=O)N1. The van der Waals surface area contributed by atoms with Gasteiger partial charge in [0.2, 0.25) is 11.8 Å². The van der Waals surface area contributed by atoms with Crippen LogP contribution in [0, 0.1) is 17.8 Å². The van der Waals surface area contributed by atoms with Crippen molar-refractivity contribution in [3.63, 3.8) is 0 Å². The minimum atomic E-state index is -0.840. The Morgan fingerprint density at radius 3 is 2.56 bits per heavy atom. The molecule has 1 aromatic rings. The van der Waals surface area contributed by atoms with Crippen molar-refractivity contribution in [3.05, 3.63) is 35.9 Å². The van der Waals surface area contributed by atoms with Crippen molar-refractivity contribution < 1.29 is 33.5 Å². The highest BCUT2D eigenvalue weighted by atomic mass is 16.6. The maximum absolute atomic E-state index is 13.4. The fourth-order valence-corrected chi connectivity index (χ4v) is 4.17. The van der Waals surface area contributed by atoms with E-state index in [9.17, 15) is 19.2 Å². The van der Waals surface area contributed by atoms with Gasteiger partial charge in [-0.05, 0) is 50.0 Å². The van der Waals surface area contributed by atoms with Gasteiger partial charge in [-0.2, -0.15) is 0 Å². The summed E-state index contributed by atoms with van der Waals surface area (Å²) in [4.78, 5) is 56.4. The van der Waals surface area contributed by atoms with Crippen LogP contribution in [0.3, 0.4) is 0 Å². The topological polar surface area (TPSA) is 132 Å². The number of carbonyl (C=O) groups excluding carboxylic acids is 4. The first kappa shape index (κ1) is 29.1. The van der Waals surface area contributed by atoms with Gasteiger partial charge in [0.15, 0.2) is 0 Å². The number of methoxy groups -OCH3 is 1. The van der Waals surface area contributed by atoms with E-state index in [0.29, 0.717) is 45.1 Å². The molecule has 1 aliphatic rings. The molecule has 0 radical (unpaired) electrons. The Bertz CT molecular complexity index is 847. The normalized spacial score (nSPS) is 22.3. The van der Waals surface area contributed by atoms with Crippen LogP contribution in [-0.4, -0.2) is 50.2 Å². The summed E-state index contributed by atoms with van der Waals surface area (Å²) in [6.45, 7) is 4.61. The number of amides is 3. The van der Waals surface area contributed by atoms with Crippen LogP contribution in [0.5, 0.6) is 0 Å². The average molecular weight is 506 g/mol. The maximum atomic E-state index is 13.4. The van der Waals surface area contributed by atoms with E-state index >= 15 is 0 Å². The quantitative estimate of drug-likeness (QED) is 0.383. The Kier molecular flexibility index (Phi) is 12.7. The minimum Gasteiger partial charge on any atom is -0.467 e. The van der Waals surface area contributed by atoms with Crippen LogP contribution in [0.4, 0.5) is 4.79 Å².